The van der Waals surface area contributed by atoms with Crippen LogP contribution in [0.4, 0.5) is 0 Å². The second kappa shape index (κ2) is 5.85. The molecule has 0 aliphatic heterocycles. The van der Waals surface area contributed by atoms with Crippen LogP contribution in [0.2, 0.25) is 0 Å². The van der Waals surface area contributed by atoms with Gasteiger partial charge in [-0.1, -0.05) is 72.4 Å². The topological polar surface area (TPSA) is 23.8 Å². The molecule has 1 aromatic rings. The lowest BCUT2D eigenvalue weighted by Gasteiger charge is -2.36. The zero-order valence-electron chi connectivity index (χ0n) is 15.2. The van der Waals surface area contributed by atoms with Crippen molar-refractivity contribution in [2.75, 3.05) is 0 Å². The monoisotopic (exact) mass is 305 g/mol. The van der Waals surface area contributed by atoms with E-state index in [1.165, 1.54) is 16.7 Å². The van der Waals surface area contributed by atoms with Crippen molar-refractivity contribution in [1.29, 1.82) is 5.26 Å². The Balaban J connectivity index is 2.60. The SMILES string of the molecule is C=C1C(C(C)(C)C)=CC(c2cccc(C#N)c2)C=C1C(C)(C)C. The van der Waals surface area contributed by atoms with Gasteiger partial charge in [-0.3, -0.25) is 0 Å². The van der Waals surface area contributed by atoms with Gasteiger partial charge in [0, 0.05) is 5.92 Å². The molecule has 1 heteroatoms. The molecule has 0 radical (unpaired) electrons. The predicted octanol–water partition coefficient (Wildman–Crippen LogP) is 6.16. The van der Waals surface area contributed by atoms with Gasteiger partial charge in [0.25, 0.3) is 0 Å². The lowest BCUT2D eigenvalue weighted by atomic mass is 9.68. The molecule has 1 aliphatic carbocycles. The molecule has 1 nitrogen and oxygen atoms in total. The van der Waals surface area contributed by atoms with Crippen molar-refractivity contribution in [3.63, 3.8) is 0 Å². The summed E-state index contributed by atoms with van der Waals surface area (Å²) in [5.74, 6) is 0.192. The molecule has 2 rings (SSSR count). The third-order valence-electron chi connectivity index (χ3n) is 4.36. The first-order valence-corrected chi connectivity index (χ1v) is 8.18. The Hall–Kier alpha value is -2.07. The zero-order chi connectivity index (χ0) is 17.4. The summed E-state index contributed by atoms with van der Waals surface area (Å²) in [5.41, 5.74) is 5.73. The first-order chi connectivity index (χ1) is 10.5. The molecule has 120 valence electrons. The highest BCUT2D eigenvalue weighted by molar-refractivity contribution is 5.56. The van der Waals surface area contributed by atoms with E-state index in [9.17, 15) is 5.26 Å². The van der Waals surface area contributed by atoms with Gasteiger partial charge < -0.3 is 0 Å². The largest absolute Gasteiger partial charge is 0.192 e. The fraction of sp³-hybridized carbons (Fsp3) is 0.409. The van der Waals surface area contributed by atoms with Crippen LogP contribution in [0.5, 0.6) is 0 Å². The Bertz CT molecular complexity index is 690. The number of allylic oxidation sites excluding steroid dienone is 5. The third-order valence-corrected chi connectivity index (χ3v) is 4.36. The number of nitrogens with zero attached hydrogens (tertiary/aromatic N) is 1. The van der Waals surface area contributed by atoms with Crippen LogP contribution in [0.3, 0.4) is 0 Å². The van der Waals surface area contributed by atoms with E-state index in [2.05, 4.69) is 72.4 Å². The van der Waals surface area contributed by atoms with Gasteiger partial charge in [0.1, 0.15) is 0 Å². The molecular formula is C22H27N. The van der Waals surface area contributed by atoms with Gasteiger partial charge >= 0.3 is 0 Å². The first-order valence-electron chi connectivity index (χ1n) is 8.18. The minimum absolute atomic E-state index is 0.0485. The Labute approximate surface area is 141 Å². The molecule has 0 saturated heterocycles. The second-order valence-corrected chi connectivity index (χ2v) is 8.40. The van der Waals surface area contributed by atoms with Gasteiger partial charge in [0.15, 0.2) is 0 Å². The van der Waals surface area contributed by atoms with Gasteiger partial charge in [-0.15, -0.1) is 0 Å². The van der Waals surface area contributed by atoms with E-state index in [0.29, 0.717) is 5.56 Å². The van der Waals surface area contributed by atoms with Crippen LogP contribution in [-0.4, -0.2) is 0 Å². The summed E-state index contributed by atoms with van der Waals surface area (Å²) in [4.78, 5) is 0. The summed E-state index contributed by atoms with van der Waals surface area (Å²) in [6, 6.07) is 10.2. The van der Waals surface area contributed by atoms with Crippen LogP contribution in [0.1, 0.15) is 58.6 Å². The highest BCUT2D eigenvalue weighted by Gasteiger charge is 2.31. The molecule has 0 N–H and O–H groups in total. The molecule has 0 spiro atoms. The molecule has 23 heavy (non-hydrogen) atoms. The molecule has 0 aromatic heterocycles. The van der Waals surface area contributed by atoms with Crippen molar-refractivity contribution >= 4 is 0 Å². The van der Waals surface area contributed by atoms with Crippen LogP contribution in [0.15, 0.2) is 59.7 Å². The molecule has 0 unspecified atom stereocenters. The van der Waals surface area contributed by atoms with E-state index in [1.807, 2.05) is 18.2 Å². The normalized spacial score (nSPS) is 16.7. The van der Waals surface area contributed by atoms with Crippen LogP contribution < -0.4 is 0 Å². The average Bonchev–Trinajstić information content (AvgIpc) is 2.45. The van der Waals surface area contributed by atoms with E-state index in [0.717, 1.165) is 5.57 Å². The number of hydrogen-bond donors (Lipinski definition) is 0. The van der Waals surface area contributed by atoms with Gasteiger partial charge in [-0.25, -0.2) is 0 Å². The number of rotatable bonds is 1. The Morgan fingerprint density at radius 2 is 1.48 bits per heavy atom. The van der Waals surface area contributed by atoms with Crippen LogP contribution in [0, 0.1) is 22.2 Å². The summed E-state index contributed by atoms with van der Waals surface area (Å²) >= 11 is 0. The maximum absolute atomic E-state index is 9.17. The van der Waals surface area contributed by atoms with Crippen LogP contribution >= 0.6 is 0 Å². The van der Waals surface area contributed by atoms with Crippen molar-refractivity contribution in [1.82, 2.24) is 0 Å². The van der Waals surface area contributed by atoms with Crippen molar-refractivity contribution < 1.29 is 0 Å². The molecular weight excluding hydrogens is 278 g/mol. The van der Waals surface area contributed by atoms with Crippen molar-refractivity contribution in [3.05, 3.63) is 70.8 Å². The summed E-state index contributed by atoms with van der Waals surface area (Å²) in [6.07, 6.45) is 4.63. The lowest BCUT2D eigenvalue weighted by Crippen LogP contribution is -2.22. The molecule has 0 amide bonds. The molecule has 0 heterocycles. The summed E-state index contributed by atoms with van der Waals surface area (Å²) < 4.78 is 0. The average molecular weight is 305 g/mol. The minimum atomic E-state index is 0.0485. The summed E-state index contributed by atoms with van der Waals surface area (Å²) in [6.45, 7) is 17.8. The van der Waals surface area contributed by atoms with E-state index in [-0.39, 0.29) is 16.7 Å². The number of hydrogen-bond acceptors (Lipinski definition) is 1. The molecule has 0 saturated carbocycles. The highest BCUT2D eigenvalue weighted by atomic mass is 14.4. The number of nitriles is 1. The van der Waals surface area contributed by atoms with E-state index in [1.54, 1.807) is 0 Å². The Kier molecular flexibility index (Phi) is 4.40. The second-order valence-electron chi connectivity index (χ2n) is 8.40. The van der Waals surface area contributed by atoms with E-state index >= 15 is 0 Å². The van der Waals surface area contributed by atoms with Gasteiger partial charge in [-0.05, 0) is 45.2 Å². The highest BCUT2D eigenvalue weighted by Crippen LogP contribution is 2.46. The third kappa shape index (κ3) is 3.64. The van der Waals surface area contributed by atoms with Crippen LogP contribution in [-0.2, 0) is 0 Å². The van der Waals surface area contributed by atoms with Gasteiger partial charge in [0.05, 0.1) is 11.6 Å². The van der Waals surface area contributed by atoms with E-state index < -0.39 is 0 Å². The summed E-state index contributed by atoms with van der Waals surface area (Å²) in [5, 5.41) is 9.17. The lowest BCUT2D eigenvalue weighted by molar-refractivity contribution is 0.475. The molecule has 1 aromatic carbocycles. The minimum Gasteiger partial charge on any atom is -0.192 e. The standard InChI is InChI=1S/C22H27N/c1-15-19(21(2,3)4)12-18(13-20(15)22(5,6)7)17-10-8-9-16(11-17)14-23/h8-13,18H,1H2,2-7H3. The van der Waals surface area contributed by atoms with Gasteiger partial charge in [-0.2, -0.15) is 5.26 Å². The fourth-order valence-electron chi connectivity index (χ4n) is 3.17. The quantitative estimate of drug-likeness (QED) is 0.610. The molecule has 0 atom stereocenters. The number of benzene rings is 1. The molecule has 1 aliphatic rings. The predicted molar refractivity (Wildman–Crippen MR) is 98.1 cm³/mol. The molecule has 0 fully saturated rings. The van der Waals surface area contributed by atoms with Crippen LogP contribution in [0.25, 0.3) is 0 Å². The molecule has 0 bridgehead atoms. The smallest absolute Gasteiger partial charge is 0.0991 e. The Morgan fingerprint density at radius 3 is 1.91 bits per heavy atom. The van der Waals surface area contributed by atoms with Crippen molar-refractivity contribution in [3.8, 4) is 6.07 Å². The van der Waals surface area contributed by atoms with Crippen molar-refractivity contribution in [2.24, 2.45) is 10.8 Å². The first kappa shape index (κ1) is 17.3. The van der Waals surface area contributed by atoms with Gasteiger partial charge in [0.2, 0.25) is 0 Å². The maximum Gasteiger partial charge on any atom is 0.0991 e. The van der Waals surface area contributed by atoms with Crippen molar-refractivity contribution in [2.45, 2.75) is 47.5 Å². The zero-order valence-corrected chi connectivity index (χ0v) is 15.2. The fourth-order valence-corrected chi connectivity index (χ4v) is 3.17. The summed E-state index contributed by atoms with van der Waals surface area (Å²) in [7, 11) is 0. The Morgan fingerprint density at radius 1 is 0.957 bits per heavy atom. The maximum atomic E-state index is 9.17. The van der Waals surface area contributed by atoms with E-state index in [4.69, 9.17) is 0 Å².